The van der Waals surface area contributed by atoms with Crippen molar-refractivity contribution in [3.63, 3.8) is 0 Å². The monoisotopic (exact) mass is 906 g/mol. The molecule has 0 saturated heterocycles. The van der Waals surface area contributed by atoms with E-state index in [9.17, 15) is 0 Å². The average Bonchev–Trinajstić information content (AvgIpc) is 4.10. The molecule has 11 aromatic carbocycles. The van der Waals surface area contributed by atoms with Gasteiger partial charge in [-0.25, -0.2) is 0 Å². The number of fused-ring (bicyclic) bond motifs is 8. The van der Waals surface area contributed by atoms with E-state index in [-0.39, 0.29) is 12.1 Å². The predicted octanol–water partition coefficient (Wildman–Crippen LogP) is 18.1. The van der Waals surface area contributed by atoms with Crippen LogP contribution in [0.5, 0.6) is 5.75 Å². The summed E-state index contributed by atoms with van der Waals surface area (Å²) in [5, 5.41) is 2.40. The highest BCUT2D eigenvalue weighted by Crippen LogP contribution is 2.60. The molecule has 0 saturated carbocycles. The molecular formula is C68H46N2O. The molecule has 3 nitrogen and oxygen atoms in total. The van der Waals surface area contributed by atoms with E-state index in [4.69, 9.17) is 4.74 Å². The molecule has 2 atom stereocenters. The first-order valence-corrected chi connectivity index (χ1v) is 24.6. The van der Waals surface area contributed by atoms with Gasteiger partial charge in [0.15, 0.2) is 6.10 Å². The Kier molecular flexibility index (Phi) is 9.67. The summed E-state index contributed by atoms with van der Waals surface area (Å²) >= 11 is 0. The number of ether oxygens (including phenoxy) is 1. The molecule has 3 heteroatoms. The number of aromatic nitrogens is 1. The van der Waals surface area contributed by atoms with Crippen molar-refractivity contribution < 1.29 is 4.74 Å². The van der Waals surface area contributed by atoms with Gasteiger partial charge in [0.1, 0.15) is 11.8 Å². The Morgan fingerprint density at radius 1 is 0.282 bits per heavy atom. The lowest BCUT2D eigenvalue weighted by molar-refractivity contribution is 0.223. The normalized spacial score (nSPS) is 14.6. The van der Waals surface area contributed by atoms with Gasteiger partial charge in [0, 0.05) is 44.4 Å². The number of para-hydroxylation sites is 3. The lowest BCUT2D eigenvalue weighted by Gasteiger charge is -2.29. The summed E-state index contributed by atoms with van der Waals surface area (Å²) in [5.41, 5.74) is 22.4. The second-order valence-corrected chi connectivity index (χ2v) is 18.7. The van der Waals surface area contributed by atoms with Crippen LogP contribution in [0.1, 0.15) is 23.3 Å². The van der Waals surface area contributed by atoms with Crippen LogP contribution in [0.4, 0.5) is 11.4 Å². The van der Waals surface area contributed by atoms with E-state index in [1.54, 1.807) is 0 Å². The molecule has 0 fully saturated rings. The van der Waals surface area contributed by atoms with E-state index < -0.39 is 0 Å². The highest BCUT2D eigenvalue weighted by molar-refractivity contribution is 6.13. The van der Waals surface area contributed by atoms with Gasteiger partial charge in [-0.15, -0.1) is 0 Å². The maximum Gasteiger partial charge on any atom is 0.151 e. The van der Waals surface area contributed by atoms with Crippen LogP contribution in [0.25, 0.3) is 94.3 Å². The summed E-state index contributed by atoms with van der Waals surface area (Å²) in [5.74, 6) is 0.947. The van der Waals surface area contributed by atoms with Gasteiger partial charge in [-0.3, -0.25) is 0 Å². The molecule has 2 aliphatic heterocycles. The second-order valence-electron chi connectivity index (χ2n) is 18.7. The molecular weight excluding hydrogens is 861 g/mol. The Balaban J connectivity index is 0.978. The molecule has 2 unspecified atom stereocenters. The molecule has 0 radical (unpaired) electrons. The number of anilines is 2. The Hall–Kier alpha value is -9.18. The Morgan fingerprint density at radius 3 is 1.30 bits per heavy atom. The predicted molar refractivity (Wildman–Crippen MR) is 295 cm³/mol. The molecule has 334 valence electrons. The zero-order chi connectivity index (χ0) is 46.8. The molecule has 71 heavy (non-hydrogen) atoms. The van der Waals surface area contributed by atoms with Crippen molar-refractivity contribution >= 4 is 33.2 Å². The van der Waals surface area contributed by atoms with Crippen LogP contribution in [-0.2, 0) is 0 Å². The molecule has 12 aromatic rings. The van der Waals surface area contributed by atoms with Crippen molar-refractivity contribution in [2.45, 2.75) is 12.1 Å². The van der Waals surface area contributed by atoms with Gasteiger partial charge in [0.05, 0.1) is 16.7 Å². The van der Waals surface area contributed by atoms with Crippen LogP contribution in [0.15, 0.2) is 267 Å². The van der Waals surface area contributed by atoms with Crippen molar-refractivity contribution in [3.05, 3.63) is 278 Å². The van der Waals surface area contributed by atoms with Gasteiger partial charge < -0.3 is 14.2 Å². The maximum atomic E-state index is 6.93. The number of hydrogen-bond acceptors (Lipinski definition) is 2. The fourth-order valence-corrected chi connectivity index (χ4v) is 11.6. The number of hydrogen-bond donors (Lipinski definition) is 0. The van der Waals surface area contributed by atoms with Gasteiger partial charge in [0.2, 0.25) is 0 Å². The third-order valence-electron chi connectivity index (χ3n) is 14.8. The highest BCUT2D eigenvalue weighted by Gasteiger charge is 2.48. The summed E-state index contributed by atoms with van der Waals surface area (Å²) in [4.78, 5) is 2.55. The number of nitrogens with zero attached hydrogens (tertiary/aromatic N) is 2. The first-order chi connectivity index (χ1) is 35.2. The molecule has 2 aliphatic rings. The van der Waals surface area contributed by atoms with E-state index in [2.05, 4.69) is 276 Å². The molecule has 0 N–H and O–H groups in total. The maximum absolute atomic E-state index is 6.93. The minimum Gasteiger partial charge on any atom is -0.483 e. The summed E-state index contributed by atoms with van der Waals surface area (Å²) in [6.07, 6.45) is -0.158. The zero-order valence-corrected chi connectivity index (χ0v) is 38.9. The highest BCUT2D eigenvalue weighted by atomic mass is 16.5. The summed E-state index contributed by atoms with van der Waals surface area (Å²) in [6.45, 7) is 0. The molecule has 0 bridgehead atoms. The topological polar surface area (TPSA) is 17.4 Å². The largest absolute Gasteiger partial charge is 0.483 e. The minimum atomic E-state index is -0.158. The van der Waals surface area contributed by atoms with E-state index in [0.29, 0.717) is 0 Å². The molecule has 1 aromatic heterocycles. The molecule has 14 rings (SSSR count). The van der Waals surface area contributed by atoms with Crippen LogP contribution in [0.3, 0.4) is 0 Å². The van der Waals surface area contributed by atoms with Crippen LogP contribution in [0, 0.1) is 0 Å². The number of rotatable bonds is 8. The SMILES string of the molecule is c1ccc(-c2ccc3c(c2)C2Oc4ccccc4C2N3c2ccccc2-c2ccccc2-n2c3ccc(-c4ccccc4-c4ccccc4)cc3c3cc(-c4ccccc4-c4ccccc4)ccc32)cc1. The molecule has 0 amide bonds. The van der Waals surface area contributed by atoms with E-state index in [0.717, 1.165) is 39.3 Å². The Labute approximate surface area is 413 Å². The van der Waals surface area contributed by atoms with Gasteiger partial charge >= 0.3 is 0 Å². The number of benzene rings is 11. The van der Waals surface area contributed by atoms with Crippen molar-refractivity contribution in [3.8, 4) is 78.2 Å². The zero-order valence-electron chi connectivity index (χ0n) is 38.9. The second kappa shape index (κ2) is 16.8. The standard InChI is InChI=1S/C68H46N2O/c1-4-20-45(21-5-1)48-36-39-65-60(42-48)68-67(57-32-16-19-35-66(57)71-68)70(65)62-34-18-15-31-56(62)55-30-14-17-33-61(55)69-63-40-37-49(53-28-12-10-26-51(53)46-22-6-2-7-23-46)43-58(63)59-44-50(38-41-64(59)69)54-29-13-11-27-52(54)47-24-8-3-9-25-47/h1-44,67-68H. The van der Waals surface area contributed by atoms with Gasteiger partial charge in [-0.05, 0) is 110 Å². The van der Waals surface area contributed by atoms with Gasteiger partial charge in [0.25, 0.3) is 0 Å². The minimum absolute atomic E-state index is 0.0388. The van der Waals surface area contributed by atoms with Crippen LogP contribution in [0.2, 0.25) is 0 Å². The first kappa shape index (κ1) is 40.8. The van der Waals surface area contributed by atoms with Crippen molar-refractivity contribution in [2.24, 2.45) is 0 Å². The van der Waals surface area contributed by atoms with Crippen molar-refractivity contribution in [1.29, 1.82) is 0 Å². The van der Waals surface area contributed by atoms with Crippen LogP contribution in [-0.4, -0.2) is 4.57 Å². The third kappa shape index (κ3) is 6.73. The van der Waals surface area contributed by atoms with Gasteiger partial charge in [-0.1, -0.05) is 212 Å². The van der Waals surface area contributed by atoms with E-state index >= 15 is 0 Å². The summed E-state index contributed by atoms with van der Waals surface area (Å²) < 4.78 is 9.42. The van der Waals surface area contributed by atoms with Gasteiger partial charge in [-0.2, -0.15) is 0 Å². The lowest BCUT2D eigenvalue weighted by atomic mass is 9.92. The first-order valence-electron chi connectivity index (χ1n) is 24.6. The molecule has 0 spiro atoms. The van der Waals surface area contributed by atoms with Crippen LogP contribution >= 0.6 is 0 Å². The Bertz CT molecular complexity index is 3850. The molecule has 0 aliphatic carbocycles. The van der Waals surface area contributed by atoms with E-state index in [1.807, 2.05) is 0 Å². The quantitative estimate of drug-likeness (QED) is 0.151. The lowest BCUT2D eigenvalue weighted by Crippen LogP contribution is -2.20. The van der Waals surface area contributed by atoms with Crippen LogP contribution < -0.4 is 9.64 Å². The van der Waals surface area contributed by atoms with Crippen molar-refractivity contribution in [1.82, 2.24) is 4.57 Å². The fourth-order valence-electron chi connectivity index (χ4n) is 11.6. The third-order valence-corrected chi connectivity index (χ3v) is 14.8. The van der Waals surface area contributed by atoms with E-state index in [1.165, 1.54) is 83.2 Å². The fraction of sp³-hybridized carbons (Fsp3) is 0.0294. The molecule has 3 heterocycles. The summed E-state index contributed by atoms with van der Waals surface area (Å²) in [6, 6.07) is 97.2. The van der Waals surface area contributed by atoms with Crippen molar-refractivity contribution in [2.75, 3.05) is 4.90 Å². The smallest absolute Gasteiger partial charge is 0.151 e. The Morgan fingerprint density at radius 2 is 0.718 bits per heavy atom. The summed E-state index contributed by atoms with van der Waals surface area (Å²) in [7, 11) is 0. The average molecular weight is 907 g/mol.